The van der Waals surface area contributed by atoms with E-state index in [2.05, 4.69) is 10.6 Å². The van der Waals surface area contributed by atoms with Crippen LogP contribution in [0.15, 0.2) is 36.4 Å². The molecule has 3 aromatic rings. The van der Waals surface area contributed by atoms with E-state index >= 15 is 0 Å². The van der Waals surface area contributed by atoms with Crippen LogP contribution in [-0.4, -0.2) is 70.2 Å². The first-order valence-electron chi connectivity index (χ1n) is 13.0. The molecule has 1 amide bonds. The summed E-state index contributed by atoms with van der Waals surface area (Å²) in [5.74, 6) is 1.42. The molecular weight excluding hydrogens is 516 g/mol. The van der Waals surface area contributed by atoms with E-state index in [-0.39, 0.29) is 17.5 Å². The number of methoxy groups -OCH3 is 4. The number of carbonyl (C=O) groups excluding carboxylic acids is 3. The number of hydrogen-bond donors (Lipinski definition) is 2. The fourth-order valence-electron chi connectivity index (χ4n) is 4.92. The molecule has 4 rings (SSSR count). The first-order chi connectivity index (χ1) is 19.4. The lowest BCUT2D eigenvalue weighted by atomic mass is 9.90. The Morgan fingerprint density at radius 2 is 1.57 bits per heavy atom. The average Bonchev–Trinajstić information content (AvgIpc) is 3.26. The summed E-state index contributed by atoms with van der Waals surface area (Å²) in [6.45, 7) is 2.28. The number of ether oxygens (including phenoxy) is 4. The van der Waals surface area contributed by atoms with Crippen LogP contribution in [-0.2, 0) is 24.9 Å². The summed E-state index contributed by atoms with van der Waals surface area (Å²) in [6, 6.07) is 10.1. The number of imidazole rings is 1. The van der Waals surface area contributed by atoms with Gasteiger partial charge >= 0.3 is 0 Å². The molecule has 0 saturated heterocycles. The van der Waals surface area contributed by atoms with Gasteiger partial charge in [-0.2, -0.15) is 0 Å². The minimum atomic E-state index is -0.261. The topological polar surface area (TPSA) is 121 Å². The van der Waals surface area contributed by atoms with Gasteiger partial charge in [-0.25, -0.2) is 9.13 Å². The lowest BCUT2D eigenvalue weighted by Crippen LogP contribution is -2.42. The van der Waals surface area contributed by atoms with Gasteiger partial charge in [-0.1, -0.05) is 24.3 Å². The van der Waals surface area contributed by atoms with Gasteiger partial charge in [0.05, 0.1) is 41.5 Å². The van der Waals surface area contributed by atoms with E-state index in [4.69, 9.17) is 18.9 Å². The first kappa shape index (κ1) is 28.8. The van der Waals surface area contributed by atoms with Crippen molar-refractivity contribution in [2.24, 2.45) is 7.05 Å². The monoisotopic (exact) mass is 551 g/mol. The summed E-state index contributed by atoms with van der Waals surface area (Å²) in [4.78, 5) is 39.5. The number of benzene rings is 2. The molecule has 212 valence electrons. The molecule has 1 heterocycles. The quantitative estimate of drug-likeness (QED) is 0.190. The van der Waals surface area contributed by atoms with Crippen LogP contribution in [0.25, 0.3) is 0 Å². The van der Waals surface area contributed by atoms with Gasteiger partial charge < -0.3 is 29.6 Å². The van der Waals surface area contributed by atoms with Crippen molar-refractivity contribution in [3.8, 4) is 17.2 Å². The third-order valence-electron chi connectivity index (χ3n) is 6.92. The van der Waals surface area contributed by atoms with Crippen molar-refractivity contribution in [2.75, 3.05) is 48.1 Å². The number of rotatable bonds is 13. The Morgan fingerprint density at radius 1 is 0.925 bits per heavy atom. The molecular formula is C29H35N4O7+. The minimum Gasteiger partial charge on any atom is -0.493 e. The predicted molar refractivity (Wildman–Crippen MR) is 146 cm³/mol. The molecule has 2 N–H and O–H groups in total. The summed E-state index contributed by atoms with van der Waals surface area (Å²) in [6.07, 6.45) is 0.654. The second-order valence-corrected chi connectivity index (χ2v) is 9.22. The van der Waals surface area contributed by atoms with Crippen LogP contribution in [0.2, 0.25) is 0 Å². The van der Waals surface area contributed by atoms with Gasteiger partial charge in [0.2, 0.25) is 28.7 Å². The zero-order valence-electron chi connectivity index (χ0n) is 23.5. The molecule has 1 aliphatic rings. The number of amides is 1. The fourth-order valence-corrected chi connectivity index (χ4v) is 4.92. The number of ketones is 2. The molecule has 0 fully saturated rings. The Bertz CT molecular complexity index is 1400. The van der Waals surface area contributed by atoms with Gasteiger partial charge in [0.15, 0.2) is 11.5 Å². The van der Waals surface area contributed by atoms with Gasteiger partial charge in [0.1, 0.15) is 6.54 Å². The van der Waals surface area contributed by atoms with E-state index in [1.54, 1.807) is 55.1 Å². The summed E-state index contributed by atoms with van der Waals surface area (Å²) >= 11 is 0. The predicted octanol–water partition coefficient (Wildman–Crippen LogP) is 1.67. The number of aromatic nitrogens is 2. The van der Waals surface area contributed by atoms with Crippen LogP contribution in [0.1, 0.15) is 54.7 Å². The Balaban J connectivity index is 1.40. The standard InChI is InChI=1S/C29H34N4O7/c1-32-23(33(13-14-37-2)25-24(32)26(34)19-9-6-7-10-20(19)27(25)35)17-30-11-8-12-31-29(36)18-15-21(38-3)28(40-5)22(16-18)39-4/h6-7,9-10,15-16,30H,8,11-14,17H2,1-5H3/p+1. The van der Waals surface area contributed by atoms with Crippen molar-refractivity contribution in [2.45, 2.75) is 19.5 Å². The Hall–Kier alpha value is -4.22. The lowest BCUT2D eigenvalue weighted by Gasteiger charge is -2.14. The summed E-state index contributed by atoms with van der Waals surface area (Å²) in [5.41, 5.74) is 2.00. The zero-order chi connectivity index (χ0) is 28.8. The van der Waals surface area contributed by atoms with E-state index in [0.29, 0.717) is 84.5 Å². The van der Waals surface area contributed by atoms with E-state index in [1.165, 1.54) is 21.3 Å². The van der Waals surface area contributed by atoms with Crippen molar-refractivity contribution in [3.05, 3.63) is 70.3 Å². The number of hydrogen-bond acceptors (Lipinski definition) is 8. The largest absolute Gasteiger partial charge is 0.493 e. The molecule has 40 heavy (non-hydrogen) atoms. The highest BCUT2D eigenvalue weighted by molar-refractivity contribution is 6.26. The highest BCUT2D eigenvalue weighted by Crippen LogP contribution is 2.38. The van der Waals surface area contributed by atoms with Gasteiger partial charge in [-0.3, -0.25) is 14.4 Å². The van der Waals surface area contributed by atoms with Crippen molar-refractivity contribution in [1.82, 2.24) is 15.2 Å². The second kappa shape index (κ2) is 12.8. The lowest BCUT2D eigenvalue weighted by molar-refractivity contribution is -0.680. The van der Waals surface area contributed by atoms with Crippen LogP contribution in [0.4, 0.5) is 0 Å². The highest BCUT2D eigenvalue weighted by Gasteiger charge is 2.42. The van der Waals surface area contributed by atoms with Gasteiger partial charge in [0.25, 0.3) is 11.7 Å². The molecule has 0 saturated carbocycles. The number of carbonyl (C=O) groups is 3. The highest BCUT2D eigenvalue weighted by atomic mass is 16.5. The molecule has 0 bridgehead atoms. The summed E-state index contributed by atoms with van der Waals surface area (Å²) in [5, 5.41) is 6.27. The smallest absolute Gasteiger partial charge is 0.271 e. The van der Waals surface area contributed by atoms with Crippen molar-refractivity contribution >= 4 is 17.5 Å². The number of fused-ring (bicyclic) bond motifs is 2. The molecule has 0 radical (unpaired) electrons. The Kier molecular flexibility index (Phi) is 9.18. The SMILES string of the molecule is COCCn1c2c([n+](C)c1CNCCCNC(=O)c1cc(OC)c(OC)c(OC)c1)C(=O)c1ccccc1C2=O. The third-order valence-corrected chi connectivity index (χ3v) is 6.92. The van der Waals surface area contributed by atoms with Crippen LogP contribution < -0.4 is 29.4 Å². The maximum Gasteiger partial charge on any atom is 0.271 e. The van der Waals surface area contributed by atoms with Gasteiger partial charge in [-0.15, -0.1) is 0 Å². The summed E-state index contributed by atoms with van der Waals surface area (Å²) in [7, 11) is 7.90. The molecule has 11 heteroatoms. The van der Waals surface area contributed by atoms with Crippen molar-refractivity contribution < 1.29 is 37.9 Å². The van der Waals surface area contributed by atoms with Gasteiger partial charge in [0, 0.05) is 30.3 Å². The molecule has 0 spiro atoms. The first-order valence-corrected chi connectivity index (χ1v) is 13.0. The number of nitrogens with zero attached hydrogens (tertiary/aromatic N) is 2. The van der Waals surface area contributed by atoms with Crippen molar-refractivity contribution in [3.63, 3.8) is 0 Å². The molecule has 1 aliphatic carbocycles. The second-order valence-electron chi connectivity index (χ2n) is 9.22. The molecule has 0 atom stereocenters. The summed E-state index contributed by atoms with van der Waals surface area (Å²) < 4.78 is 24.9. The Morgan fingerprint density at radius 3 is 2.17 bits per heavy atom. The van der Waals surface area contributed by atoms with Crippen LogP contribution in [0.3, 0.4) is 0 Å². The molecule has 0 aliphatic heterocycles. The van der Waals surface area contributed by atoms with Crippen LogP contribution in [0, 0.1) is 0 Å². The normalized spacial score (nSPS) is 12.1. The van der Waals surface area contributed by atoms with E-state index in [1.807, 2.05) is 4.57 Å². The molecule has 0 unspecified atom stereocenters. The molecule has 1 aromatic heterocycles. The third kappa shape index (κ3) is 5.43. The van der Waals surface area contributed by atoms with Crippen LogP contribution in [0.5, 0.6) is 17.2 Å². The maximum absolute atomic E-state index is 13.4. The number of nitrogens with one attached hydrogen (secondary N) is 2. The Labute approximate surface area is 233 Å². The molecule has 2 aromatic carbocycles. The van der Waals surface area contributed by atoms with Gasteiger partial charge in [-0.05, 0) is 25.1 Å². The van der Waals surface area contributed by atoms with Crippen LogP contribution >= 0.6 is 0 Å². The maximum atomic E-state index is 13.4. The van der Waals surface area contributed by atoms with E-state index in [9.17, 15) is 14.4 Å². The van der Waals surface area contributed by atoms with E-state index < -0.39 is 0 Å². The van der Waals surface area contributed by atoms with E-state index in [0.717, 1.165) is 5.82 Å². The minimum absolute atomic E-state index is 0.167. The zero-order valence-corrected chi connectivity index (χ0v) is 23.5. The molecule has 11 nitrogen and oxygen atoms in total. The fraction of sp³-hybridized carbons (Fsp3) is 0.379. The average molecular weight is 552 g/mol. The van der Waals surface area contributed by atoms with Crippen molar-refractivity contribution in [1.29, 1.82) is 0 Å².